The van der Waals surface area contributed by atoms with Crippen molar-refractivity contribution in [3.8, 4) is 0 Å². The van der Waals surface area contributed by atoms with Crippen LogP contribution >= 0.6 is 0 Å². The fraction of sp³-hybridized carbons (Fsp3) is 0.867. The summed E-state index contributed by atoms with van der Waals surface area (Å²) >= 11 is 0. The van der Waals surface area contributed by atoms with Crippen LogP contribution in [0.3, 0.4) is 0 Å². The van der Waals surface area contributed by atoms with Crippen LogP contribution in [0, 0.1) is 0 Å². The van der Waals surface area contributed by atoms with Gasteiger partial charge in [0.25, 0.3) is 0 Å². The molecule has 21 heavy (non-hydrogen) atoms. The van der Waals surface area contributed by atoms with E-state index in [4.69, 9.17) is 21.7 Å². The Labute approximate surface area is 127 Å². The first kappa shape index (κ1) is 22.1. The van der Waals surface area contributed by atoms with Crippen molar-refractivity contribution in [1.29, 1.82) is 0 Å². The van der Waals surface area contributed by atoms with E-state index in [-0.39, 0.29) is 12.8 Å². The molecule has 0 aliphatic rings. The lowest BCUT2D eigenvalue weighted by molar-refractivity contribution is -0.139. The van der Waals surface area contributed by atoms with Gasteiger partial charge in [0.2, 0.25) is 0 Å². The second kappa shape index (κ2) is 16.9. The van der Waals surface area contributed by atoms with E-state index in [1.807, 2.05) is 0 Å². The van der Waals surface area contributed by atoms with E-state index < -0.39 is 18.0 Å². The number of carboxylic acid groups (broad SMARTS) is 2. The molecule has 0 fully saturated rings. The number of aliphatic carboxylic acids is 2. The van der Waals surface area contributed by atoms with Crippen molar-refractivity contribution < 1.29 is 19.8 Å². The Morgan fingerprint density at radius 3 is 1.81 bits per heavy atom. The molecule has 0 saturated heterocycles. The number of carboxylic acids is 2. The number of carbonyl (C=O) groups is 2. The van der Waals surface area contributed by atoms with Crippen molar-refractivity contribution in [2.45, 2.75) is 77.2 Å². The smallest absolute Gasteiger partial charge is 0.320 e. The maximum Gasteiger partial charge on any atom is 0.320 e. The van der Waals surface area contributed by atoms with Gasteiger partial charge in [-0.25, -0.2) is 0 Å². The van der Waals surface area contributed by atoms with Gasteiger partial charge in [-0.05, 0) is 19.4 Å². The molecule has 0 bridgehead atoms. The average Bonchev–Trinajstić information content (AvgIpc) is 2.44. The number of nitrogens with two attached hydrogens (primary N) is 2. The summed E-state index contributed by atoms with van der Waals surface area (Å²) in [4.78, 5) is 19.9. The summed E-state index contributed by atoms with van der Waals surface area (Å²) in [5.74, 6) is -2.20. The summed E-state index contributed by atoms with van der Waals surface area (Å²) in [6.45, 7) is 3.13. The van der Waals surface area contributed by atoms with Gasteiger partial charge in [0.05, 0.1) is 0 Å². The Morgan fingerprint density at radius 1 is 0.952 bits per heavy atom. The topological polar surface area (TPSA) is 127 Å². The Kier molecular flexibility index (Phi) is 17.8. The number of hydrogen-bond donors (Lipinski definition) is 4. The monoisotopic (exact) mass is 304 g/mol. The second-order valence-electron chi connectivity index (χ2n) is 5.14. The van der Waals surface area contributed by atoms with E-state index in [1.165, 1.54) is 51.4 Å². The molecule has 1 unspecified atom stereocenters. The summed E-state index contributed by atoms with van der Waals surface area (Å²) in [6, 6.07) is -1.06. The van der Waals surface area contributed by atoms with Crippen molar-refractivity contribution in [3.05, 3.63) is 0 Å². The zero-order valence-corrected chi connectivity index (χ0v) is 13.2. The highest BCUT2D eigenvalue weighted by molar-refractivity contribution is 5.74. The van der Waals surface area contributed by atoms with Crippen molar-refractivity contribution >= 4 is 11.9 Å². The highest BCUT2D eigenvalue weighted by Crippen LogP contribution is 2.07. The van der Waals surface area contributed by atoms with E-state index in [9.17, 15) is 9.59 Å². The molecule has 0 radical (unpaired) electrons. The molecule has 0 aromatic heterocycles. The third-order valence-corrected chi connectivity index (χ3v) is 3.04. The summed E-state index contributed by atoms with van der Waals surface area (Å²) in [5, 5.41) is 16.3. The molecule has 126 valence electrons. The van der Waals surface area contributed by atoms with Crippen LogP contribution in [0.1, 0.15) is 71.1 Å². The Hall–Kier alpha value is -1.14. The number of rotatable bonds is 12. The normalized spacial score (nSPS) is 11.4. The van der Waals surface area contributed by atoms with Gasteiger partial charge in [0.15, 0.2) is 0 Å². The summed E-state index contributed by atoms with van der Waals surface area (Å²) in [5.41, 5.74) is 10.4. The minimum atomic E-state index is -1.17. The molecule has 0 heterocycles. The van der Waals surface area contributed by atoms with Gasteiger partial charge in [-0.3, -0.25) is 9.59 Å². The zero-order valence-electron chi connectivity index (χ0n) is 13.2. The van der Waals surface area contributed by atoms with Crippen LogP contribution in [0.25, 0.3) is 0 Å². The lowest BCUT2D eigenvalue weighted by Crippen LogP contribution is -2.30. The van der Waals surface area contributed by atoms with Gasteiger partial charge < -0.3 is 21.7 Å². The fourth-order valence-corrected chi connectivity index (χ4v) is 1.68. The summed E-state index contributed by atoms with van der Waals surface area (Å²) in [7, 11) is 0. The largest absolute Gasteiger partial charge is 0.481 e. The van der Waals surface area contributed by atoms with Crippen molar-refractivity contribution in [2.24, 2.45) is 11.5 Å². The maximum absolute atomic E-state index is 9.99. The molecule has 0 rings (SSSR count). The van der Waals surface area contributed by atoms with E-state index in [0.717, 1.165) is 6.54 Å². The van der Waals surface area contributed by atoms with Crippen LogP contribution < -0.4 is 11.5 Å². The molecule has 0 saturated carbocycles. The zero-order chi connectivity index (χ0) is 16.5. The molecule has 6 heteroatoms. The Bertz CT molecular complexity index is 252. The molecule has 6 N–H and O–H groups in total. The molecule has 6 nitrogen and oxygen atoms in total. The molecule has 0 aliphatic heterocycles. The van der Waals surface area contributed by atoms with Gasteiger partial charge in [0, 0.05) is 6.42 Å². The highest BCUT2D eigenvalue weighted by atomic mass is 16.4. The molecule has 0 amide bonds. The number of unbranched alkanes of at least 4 members (excludes halogenated alkanes) is 7. The van der Waals surface area contributed by atoms with Gasteiger partial charge in [-0.15, -0.1) is 0 Å². The van der Waals surface area contributed by atoms with Crippen LogP contribution in [0.4, 0.5) is 0 Å². The first-order valence-corrected chi connectivity index (χ1v) is 7.85. The quantitative estimate of drug-likeness (QED) is 0.410. The molecule has 0 spiro atoms. The lowest BCUT2D eigenvalue weighted by Gasteiger charge is -2.01. The molecular weight excluding hydrogens is 272 g/mol. The third kappa shape index (κ3) is 21.3. The first-order chi connectivity index (χ1) is 9.95. The van der Waals surface area contributed by atoms with E-state index >= 15 is 0 Å². The standard InChI is InChI=1S/C10H23N.C5H9NO4/c1-2-3-4-5-6-7-8-9-10-11;6-3(5(9)10)1-2-4(7)8/h2-11H2,1H3;3H,1-2,6H2,(H,7,8)(H,9,10). The molecule has 0 aromatic carbocycles. The van der Waals surface area contributed by atoms with E-state index in [1.54, 1.807) is 0 Å². The number of hydrogen-bond acceptors (Lipinski definition) is 4. The maximum atomic E-state index is 9.99. The fourth-order valence-electron chi connectivity index (χ4n) is 1.68. The highest BCUT2D eigenvalue weighted by Gasteiger charge is 2.12. The van der Waals surface area contributed by atoms with Crippen LogP contribution in [0.5, 0.6) is 0 Å². The van der Waals surface area contributed by atoms with Crippen molar-refractivity contribution in [3.63, 3.8) is 0 Å². The van der Waals surface area contributed by atoms with Gasteiger partial charge in [-0.2, -0.15) is 0 Å². The van der Waals surface area contributed by atoms with Gasteiger partial charge >= 0.3 is 11.9 Å². The first-order valence-electron chi connectivity index (χ1n) is 7.85. The molecule has 1 atom stereocenters. The van der Waals surface area contributed by atoms with Crippen LogP contribution in [-0.2, 0) is 9.59 Å². The predicted octanol–water partition coefficient (Wildman–Crippen LogP) is 2.35. The summed E-state index contributed by atoms with van der Waals surface area (Å²) < 4.78 is 0. The Balaban J connectivity index is 0. The molecule has 0 aliphatic carbocycles. The predicted molar refractivity (Wildman–Crippen MR) is 84.1 cm³/mol. The van der Waals surface area contributed by atoms with Gasteiger partial charge in [-0.1, -0.05) is 51.9 Å². The average molecular weight is 304 g/mol. The Morgan fingerprint density at radius 2 is 1.43 bits per heavy atom. The lowest BCUT2D eigenvalue weighted by atomic mass is 10.1. The second-order valence-corrected chi connectivity index (χ2v) is 5.14. The van der Waals surface area contributed by atoms with Gasteiger partial charge in [0.1, 0.15) is 6.04 Å². The van der Waals surface area contributed by atoms with Crippen LogP contribution in [-0.4, -0.2) is 34.7 Å². The van der Waals surface area contributed by atoms with Crippen LogP contribution in [0.2, 0.25) is 0 Å². The molecule has 0 aromatic rings. The van der Waals surface area contributed by atoms with E-state index in [0.29, 0.717) is 0 Å². The minimum absolute atomic E-state index is 0.0231. The van der Waals surface area contributed by atoms with Crippen molar-refractivity contribution in [2.75, 3.05) is 6.54 Å². The van der Waals surface area contributed by atoms with Crippen molar-refractivity contribution in [1.82, 2.24) is 0 Å². The minimum Gasteiger partial charge on any atom is -0.481 e. The third-order valence-electron chi connectivity index (χ3n) is 3.04. The van der Waals surface area contributed by atoms with Crippen LogP contribution in [0.15, 0.2) is 0 Å². The molecular formula is C15H32N2O4. The SMILES string of the molecule is CCCCCCCCCCN.NC(CCC(=O)O)C(=O)O. The summed E-state index contributed by atoms with van der Waals surface area (Å²) in [6.07, 6.45) is 10.8. The van der Waals surface area contributed by atoms with E-state index in [2.05, 4.69) is 6.92 Å².